The van der Waals surface area contributed by atoms with Crippen LogP contribution in [0.15, 0.2) is 108 Å². The Kier molecular flexibility index (Phi) is 9.48. The van der Waals surface area contributed by atoms with Gasteiger partial charge in [-0.05, 0) is 79.6 Å². The van der Waals surface area contributed by atoms with Crippen LogP contribution in [0, 0.1) is 19.7 Å². The van der Waals surface area contributed by atoms with Crippen LogP contribution in [0.4, 0.5) is 15.8 Å². The molecule has 0 saturated carbocycles. The van der Waals surface area contributed by atoms with E-state index in [4.69, 9.17) is 0 Å². The van der Waals surface area contributed by atoms with Gasteiger partial charge in [0, 0.05) is 27.4 Å². The molecule has 8 heteroatoms. The molecule has 4 aromatic rings. The molecule has 3 N–H and O–H groups in total. The second-order valence-electron chi connectivity index (χ2n) is 9.02. The molecule has 3 amide bonds. The minimum Gasteiger partial charge on any atom is -0.325 e. The van der Waals surface area contributed by atoms with E-state index in [2.05, 4.69) is 16.0 Å². The van der Waals surface area contributed by atoms with E-state index in [1.807, 2.05) is 38.1 Å². The predicted octanol–water partition coefficient (Wildman–Crippen LogP) is 6.58. The van der Waals surface area contributed by atoms with Crippen LogP contribution in [-0.2, 0) is 9.59 Å². The highest BCUT2D eigenvalue weighted by molar-refractivity contribution is 8.00. The first kappa shape index (κ1) is 28.3. The maximum Gasteiger partial charge on any atom is 0.272 e. The molecule has 0 fully saturated rings. The Morgan fingerprint density at radius 3 is 2.25 bits per heavy atom. The van der Waals surface area contributed by atoms with Gasteiger partial charge >= 0.3 is 0 Å². The Labute approximate surface area is 236 Å². The summed E-state index contributed by atoms with van der Waals surface area (Å²) in [7, 11) is 0. The molecule has 0 aliphatic carbocycles. The first-order valence-corrected chi connectivity index (χ1v) is 13.5. The van der Waals surface area contributed by atoms with Crippen LogP contribution < -0.4 is 16.0 Å². The average molecular weight is 554 g/mol. The number of carbonyl (C=O) groups is 3. The van der Waals surface area contributed by atoms with Crippen molar-refractivity contribution < 1.29 is 18.8 Å². The highest BCUT2D eigenvalue weighted by Gasteiger charge is 2.16. The number of hydrogen-bond acceptors (Lipinski definition) is 4. The molecule has 202 valence electrons. The van der Waals surface area contributed by atoms with Gasteiger partial charge in [0.25, 0.3) is 11.8 Å². The van der Waals surface area contributed by atoms with E-state index < -0.39 is 17.6 Å². The van der Waals surface area contributed by atoms with Gasteiger partial charge in [0.2, 0.25) is 5.91 Å². The second-order valence-corrected chi connectivity index (χ2v) is 10.1. The molecule has 4 rings (SSSR count). The molecule has 4 aromatic carbocycles. The third kappa shape index (κ3) is 7.91. The summed E-state index contributed by atoms with van der Waals surface area (Å²) in [5.41, 5.74) is 3.83. The van der Waals surface area contributed by atoms with Crippen LogP contribution in [0.5, 0.6) is 0 Å². The molecule has 0 aliphatic heterocycles. The standard InChI is InChI=1S/C32H28FN3O3S/c1-21-15-16-26(17-22(21)2)34-30(37)20-40-27-13-8-12-25(19-27)35-32(39)29(18-24-11-6-7-14-28(24)33)36-31(38)23-9-4-3-5-10-23/h3-19H,20H2,1-2H3,(H,34,37)(H,35,39)(H,36,38)/b29-18-. The molecule has 0 bridgehead atoms. The van der Waals surface area contributed by atoms with Crippen molar-refractivity contribution in [3.63, 3.8) is 0 Å². The van der Waals surface area contributed by atoms with Crippen LogP contribution in [0.3, 0.4) is 0 Å². The van der Waals surface area contributed by atoms with Gasteiger partial charge in [-0.3, -0.25) is 14.4 Å². The molecular formula is C32H28FN3O3S. The van der Waals surface area contributed by atoms with Crippen LogP contribution in [0.2, 0.25) is 0 Å². The number of hydrogen-bond donors (Lipinski definition) is 3. The normalized spacial score (nSPS) is 11.0. The van der Waals surface area contributed by atoms with Crippen molar-refractivity contribution in [3.8, 4) is 0 Å². The first-order chi connectivity index (χ1) is 19.3. The molecule has 0 saturated heterocycles. The maximum absolute atomic E-state index is 14.4. The molecule has 0 atom stereocenters. The zero-order valence-electron chi connectivity index (χ0n) is 22.0. The van der Waals surface area contributed by atoms with Crippen LogP contribution in [-0.4, -0.2) is 23.5 Å². The Hall–Kier alpha value is -4.69. The lowest BCUT2D eigenvalue weighted by molar-refractivity contribution is -0.114. The van der Waals surface area contributed by atoms with E-state index in [0.717, 1.165) is 21.7 Å². The molecule has 0 radical (unpaired) electrons. The van der Waals surface area contributed by atoms with E-state index in [-0.39, 0.29) is 22.9 Å². The summed E-state index contributed by atoms with van der Waals surface area (Å²) < 4.78 is 14.4. The molecule has 0 spiro atoms. The topological polar surface area (TPSA) is 87.3 Å². The van der Waals surface area contributed by atoms with Crippen molar-refractivity contribution in [1.82, 2.24) is 5.32 Å². The fraction of sp³-hybridized carbons (Fsp3) is 0.0938. The number of anilines is 2. The van der Waals surface area contributed by atoms with Crippen LogP contribution in [0.1, 0.15) is 27.0 Å². The summed E-state index contributed by atoms with van der Waals surface area (Å²) in [4.78, 5) is 39.3. The minimum absolute atomic E-state index is 0.121. The SMILES string of the molecule is Cc1ccc(NC(=O)CSc2cccc(NC(=O)/C(=C/c3ccccc3F)NC(=O)c3ccccc3)c2)cc1C. The minimum atomic E-state index is -0.623. The molecule has 0 unspecified atom stereocenters. The van der Waals surface area contributed by atoms with Crippen LogP contribution in [0.25, 0.3) is 6.08 Å². The third-order valence-corrected chi connectivity index (χ3v) is 6.98. The molecule has 6 nitrogen and oxygen atoms in total. The summed E-state index contributed by atoms with van der Waals surface area (Å²) >= 11 is 1.32. The molecule has 0 heterocycles. The van der Waals surface area contributed by atoms with Gasteiger partial charge in [0.15, 0.2) is 0 Å². The van der Waals surface area contributed by atoms with Crippen molar-refractivity contribution in [2.75, 3.05) is 16.4 Å². The van der Waals surface area contributed by atoms with Crippen molar-refractivity contribution in [1.29, 1.82) is 0 Å². The van der Waals surface area contributed by atoms with Gasteiger partial charge in [0.05, 0.1) is 5.75 Å². The van der Waals surface area contributed by atoms with Crippen molar-refractivity contribution in [3.05, 3.63) is 131 Å². The Morgan fingerprint density at radius 1 is 0.775 bits per heavy atom. The summed E-state index contributed by atoms with van der Waals surface area (Å²) in [6, 6.07) is 27.1. The highest BCUT2D eigenvalue weighted by atomic mass is 32.2. The van der Waals surface area contributed by atoms with Gasteiger partial charge in [-0.25, -0.2) is 4.39 Å². The fourth-order valence-corrected chi connectivity index (χ4v) is 4.47. The maximum atomic E-state index is 14.4. The summed E-state index contributed by atoms with van der Waals surface area (Å²) in [5, 5.41) is 8.25. The Morgan fingerprint density at radius 2 is 1.50 bits per heavy atom. The van der Waals surface area contributed by atoms with Crippen molar-refractivity contribution >= 4 is 46.9 Å². The molecular weight excluding hydrogens is 525 g/mol. The van der Waals surface area contributed by atoms with Crippen LogP contribution >= 0.6 is 11.8 Å². The average Bonchev–Trinajstić information content (AvgIpc) is 2.95. The summed E-state index contributed by atoms with van der Waals surface area (Å²) in [6.45, 7) is 4.00. The van der Waals surface area contributed by atoms with E-state index in [9.17, 15) is 18.8 Å². The summed E-state index contributed by atoms with van der Waals surface area (Å²) in [6.07, 6.45) is 1.29. The lowest BCUT2D eigenvalue weighted by Crippen LogP contribution is -2.30. The second kappa shape index (κ2) is 13.4. The van der Waals surface area contributed by atoms with Gasteiger partial charge < -0.3 is 16.0 Å². The van der Waals surface area contributed by atoms with E-state index in [0.29, 0.717) is 11.3 Å². The lowest BCUT2D eigenvalue weighted by atomic mass is 10.1. The molecule has 0 aliphatic rings. The first-order valence-electron chi connectivity index (χ1n) is 12.5. The van der Waals surface area contributed by atoms with Gasteiger partial charge in [0.1, 0.15) is 11.5 Å². The van der Waals surface area contributed by atoms with Crippen molar-refractivity contribution in [2.45, 2.75) is 18.7 Å². The Bertz CT molecular complexity index is 1570. The number of halogens is 1. The predicted molar refractivity (Wildman–Crippen MR) is 159 cm³/mol. The Balaban J connectivity index is 1.45. The van der Waals surface area contributed by atoms with E-state index in [1.165, 1.54) is 30.0 Å². The number of rotatable bonds is 9. The van der Waals surface area contributed by atoms with Gasteiger partial charge in [-0.2, -0.15) is 0 Å². The third-order valence-electron chi connectivity index (χ3n) is 5.99. The van der Waals surface area contributed by atoms with Crippen molar-refractivity contribution in [2.24, 2.45) is 0 Å². The fourth-order valence-electron chi connectivity index (χ4n) is 3.72. The zero-order valence-corrected chi connectivity index (χ0v) is 22.8. The lowest BCUT2D eigenvalue weighted by Gasteiger charge is -2.12. The number of thioether (sulfide) groups is 1. The highest BCUT2D eigenvalue weighted by Crippen LogP contribution is 2.23. The quantitative estimate of drug-likeness (QED) is 0.161. The van der Waals surface area contributed by atoms with E-state index >= 15 is 0 Å². The molecule has 40 heavy (non-hydrogen) atoms. The number of benzene rings is 4. The van der Waals surface area contributed by atoms with E-state index in [1.54, 1.807) is 60.7 Å². The summed E-state index contributed by atoms with van der Waals surface area (Å²) in [5.74, 6) is -1.63. The molecule has 0 aromatic heterocycles. The van der Waals surface area contributed by atoms with Gasteiger partial charge in [-0.1, -0.05) is 48.5 Å². The van der Waals surface area contributed by atoms with Gasteiger partial charge in [-0.15, -0.1) is 11.8 Å². The zero-order chi connectivity index (χ0) is 28.5. The monoisotopic (exact) mass is 553 g/mol. The number of carbonyl (C=O) groups excluding carboxylic acids is 3. The smallest absolute Gasteiger partial charge is 0.272 e. The number of nitrogens with one attached hydrogen (secondary N) is 3. The number of aryl methyl sites for hydroxylation is 2. The largest absolute Gasteiger partial charge is 0.325 e. The number of amides is 3.